The predicted octanol–water partition coefficient (Wildman–Crippen LogP) is 5.48. The summed E-state index contributed by atoms with van der Waals surface area (Å²) in [7, 11) is 0. The third-order valence-corrected chi connectivity index (χ3v) is 12.4. The lowest BCUT2D eigenvalue weighted by atomic mass is 9.85. The number of rotatable bonds is 20. The number of aryl methyl sites for hydroxylation is 1. The minimum atomic E-state index is -0.996. The van der Waals surface area contributed by atoms with E-state index < -0.39 is 41.3 Å². The normalized spacial score (nSPS) is 15.3. The molecule has 7 N–H and O–H groups in total. The molecule has 5 aromatic rings. The zero-order chi connectivity index (χ0) is 46.5. The molecule has 1 saturated heterocycles. The molecule has 1 aliphatic heterocycles. The molecule has 0 aliphatic carbocycles. The minimum absolute atomic E-state index is 0.0374. The number of likely N-dealkylation sites (tertiary alicyclic amines) is 1. The van der Waals surface area contributed by atoms with Crippen LogP contribution < -0.4 is 27.0 Å². The van der Waals surface area contributed by atoms with Crippen LogP contribution in [0.3, 0.4) is 0 Å². The summed E-state index contributed by atoms with van der Waals surface area (Å²) in [4.78, 5) is 73.4. The highest BCUT2D eigenvalue weighted by Gasteiger charge is 2.44. The average Bonchev–Trinajstić information content (AvgIpc) is 4.07. The molecule has 344 valence electrons. The number of nitrogens with zero attached hydrogens (tertiary/aromatic N) is 2. The molecule has 5 amide bonds. The molecule has 0 bridgehead atoms. The number of amides is 5. The fourth-order valence-electron chi connectivity index (χ4n) is 7.01. The van der Waals surface area contributed by atoms with Crippen molar-refractivity contribution in [3.05, 3.63) is 107 Å². The van der Waals surface area contributed by atoms with Crippen molar-refractivity contribution in [2.24, 2.45) is 5.41 Å². The molecule has 0 radical (unpaired) electrons. The van der Waals surface area contributed by atoms with E-state index in [1.165, 1.54) is 4.90 Å². The monoisotopic (exact) mass is 925 g/mol. The van der Waals surface area contributed by atoms with Crippen LogP contribution in [0.4, 0.5) is 17.1 Å². The number of aliphatic hydroxyl groups is 1. The molecule has 18 heteroatoms. The van der Waals surface area contributed by atoms with Crippen LogP contribution in [-0.4, -0.2) is 109 Å². The van der Waals surface area contributed by atoms with Gasteiger partial charge in [0.1, 0.15) is 25.3 Å². The SMILES string of the molecule is Cc1ncsc1-c1ccc(CNC(=O)[C@@H]2C[C@@H](O)CN2C(=O)[C@@H](NC(=O)COCCOCCOCC(=O)Nc2ccc(C(=O)Nc3cc(-c4cccs4)ccc3N)cc2)C(C)(C)C)cc1. The highest BCUT2D eigenvalue weighted by atomic mass is 32.1. The van der Waals surface area contributed by atoms with Gasteiger partial charge in [-0.25, -0.2) is 4.98 Å². The molecule has 6 rings (SSSR count). The van der Waals surface area contributed by atoms with Gasteiger partial charge in [-0.1, -0.05) is 57.2 Å². The number of benzene rings is 3. The number of carbonyl (C=O) groups is 5. The summed E-state index contributed by atoms with van der Waals surface area (Å²) >= 11 is 3.15. The number of hydrogen-bond acceptors (Lipinski definition) is 13. The molecule has 1 aliphatic rings. The Balaban J connectivity index is 0.848. The topological polar surface area (TPSA) is 224 Å². The molecule has 3 heterocycles. The zero-order valence-corrected chi connectivity index (χ0v) is 38.4. The Kier molecular flexibility index (Phi) is 16.9. The fraction of sp³-hybridized carbons (Fsp3) is 0.362. The molecule has 2 aromatic heterocycles. The third-order valence-electron chi connectivity index (χ3n) is 10.5. The van der Waals surface area contributed by atoms with Gasteiger partial charge in [0.25, 0.3) is 5.91 Å². The summed E-state index contributed by atoms with van der Waals surface area (Å²) in [6.07, 6.45) is -0.812. The van der Waals surface area contributed by atoms with E-state index in [0.29, 0.717) is 22.6 Å². The first-order valence-electron chi connectivity index (χ1n) is 21.1. The van der Waals surface area contributed by atoms with Crippen LogP contribution in [0.15, 0.2) is 89.8 Å². The van der Waals surface area contributed by atoms with Gasteiger partial charge in [-0.05, 0) is 76.9 Å². The number of ether oxygens (including phenoxy) is 3. The van der Waals surface area contributed by atoms with E-state index in [4.69, 9.17) is 19.9 Å². The zero-order valence-electron chi connectivity index (χ0n) is 36.8. The van der Waals surface area contributed by atoms with E-state index in [2.05, 4.69) is 26.3 Å². The van der Waals surface area contributed by atoms with Gasteiger partial charge >= 0.3 is 0 Å². The van der Waals surface area contributed by atoms with Gasteiger partial charge in [0.2, 0.25) is 23.6 Å². The molecule has 0 saturated carbocycles. The lowest BCUT2D eigenvalue weighted by Crippen LogP contribution is -2.58. The highest BCUT2D eigenvalue weighted by molar-refractivity contribution is 7.13. The number of anilines is 3. The second kappa shape index (κ2) is 22.7. The molecule has 3 aromatic carbocycles. The Bertz CT molecular complexity index is 2400. The van der Waals surface area contributed by atoms with Crippen molar-refractivity contribution in [2.75, 3.05) is 62.6 Å². The smallest absolute Gasteiger partial charge is 0.255 e. The van der Waals surface area contributed by atoms with Crippen LogP contribution in [0.25, 0.3) is 20.9 Å². The first-order chi connectivity index (χ1) is 31.2. The maximum absolute atomic E-state index is 13.9. The number of nitrogens with one attached hydrogen (secondary N) is 4. The first-order valence-corrected chi connectivity index (χ1v) is 22.8. The number of β-amino-alcohol motifs (C(OH)–C–C–N with tert-alkyl or cyclic N) is 1. The van der Waals surface area contributed by atoms with Crippen molar-refractivity contribution in [1.29, 1.82) is 0 Å². The van der Waals surface area contributed by atoms with Gasteiger partial charge in [0, 0.05) is 35.6 Å². The number of nitrogen functional groups attached to an aromatic ring is 1. The summed E-state index contributed by atoms with van der Waals surface area (Å²) in [6, 6.07) is 21.8. The van der Waals surface area contributed by atoms with Gasteiger partial charge in [0.05, 0.1) is 60.0 Å². The second-order valence-corrected chi connectivity index (χ2v) is 18.3. The van der Waals surface area contributed by atoms with E-state index >= 15 is 0 Å². The Morgan fingerprint density at radius 1 is 0.862 bits per heavy atom. The van der Waals surface area contributed by atoms with Crippen LogP contribution in [0.1, 0.15) is 48.8 Å². The fourth-order valence-corrected chi connectivity index (χ4v) is 8.54. The summed E-state index contributed by atoms with van der Waals surface area (Å²) < 4.78 is 16.4. The van der Waals surface area contributed by atoms with E-state index in [-0.39, 0.29) is 71.0 Å². The van der Waals surface area contributed by atoms with Crippen molar-refractivity contribution in [3.8, 4) is 20.9 Å². The molecular formula is C47H55N7O9S2. The van der Waals surface area contributed by atoms with Crippen molar-refractivity contribution >= 4 is 69.3 Å². The van der Waals surface area contributed by atoms with E-state index in [9.17, 15) is 29.1 Å². The Hall–Kier alpha value is -6.02. The predicted molar refractivity (Wildman–Crippen MR) is 251 cm³/mol. The summed E-state index contributed by atoms with van der Waals surface area (Å²) in [5.74, 6) is -2.12. The Labute approximate surface area is 385 Å². The standard InChI is InChI=1S/C47H55N7O9S2/c1-29-42(65-28-50-29)31-9-7-30(8-10-31)24-49-45(59)38-23-35(55)25-54(38)46(60)43(47(2,3)4)53-41(57)27-63-20-18-61-17-19-62-26-40(56)51-34-14-11-32(12-15-34)44(58)52-37-22-33(13-16-36(37)48)39-6-5-21-64-39/h5-16,21-22,28,35,38,43,55H,17-20,23-27,48H2,1-4H3,(H,49,59)(H,51,56)(H,52,58)(H,53,57)/t35-,38+,43-/m1/s1. The molecular weight excluding hydrogens is 871 g/mol. The van der Waals surface area contributed by atoms with Crippen LogP contribution in [0.5, 0.6) is 0 Å². The molecule has 0 unspecified atom stereocenters. The summed E-state index contributed by atoms with van der Waals surface area (Å²) in [5.41, 5.74) is 12.8. The summed E-state index contributed by atoms with van der Waals surface area (Å²) in [6.45, 7) is 7.55. The molecule has 65 heavy (non-hydrogen) atoms. The number of nitrogens with two attached hydrogens (primary N) is 1. The molecule has 0 spiro atoms. The van der Waals surface area contributed by atoms with Crippen molar-refractivity contribution in [3.63, 3.8) is 0 Å². The molecule has 1 fully saturated rings. The highest BCUT2D eigenvalue weighted by Crippen LogP contribution is 2.31. The maximum atomic E-state index is 13.9. The Morgan fingerprint density at radius 3 is 2.18 bits per heavy atom. The first kappa shape index (κ1) is 48.4. The number of aliphatic hydroxyl groups excluding tert-OH is 1. The van der Waals surface area contributed by atoms with Gasteiger partial charge in [0.15, 0.2) is 0 Å². The van der Waals surface area contributed by atoms with E-state index in [1.54, 1.807) is 79.3 Å². The minimum Gasteiger partial charge on any atom is -0.397 e. The van der Waals surface area contributed by atoms with E-state index in [1.807, 2.05) is 60.8 Å². The summed E-state index contributed by atoms with van der Waals surface area (Å²) in [5, 5.41) is 23.7. The molecule has 16 nitrogen and oxygen atoms in total. The lowest BCUT2D eigenvalue weighted by molar-refractivity contribution is -0.144. The van der Waals surface area contributed by atoms with Gasteiger partial charge in [-0.2, -0.15) is 0 Å². The van der Waals surface area contributed by atoms with Crippen molar-refractivity contribution in [2.45, 2.75) is 58.8 Å². The number of hydrogen-bond donors (Lipinski definition) is 6. The number of aromatic nitrogens is 1. The Morgan fingerprint density at radius 2 is 1.54 bits per heavy atom. The van der Waals surface area contributed by atoms with Crippen LogP contribution >= 0.6 is 22.7 Å². The quantitative estimate of drug-likeness (QED) is 0.0424. The number of thiazole rings is 1. The second-order valence-electron chi connectivity index (χ2n) is 16.5. The third kappa shape index (κ3) is 13.7. The van der Waals surface area contributed by atoms with Crippen LogP contribution in [0.2, 0.25) is 0 Å². The van der Waals surface area contributed by atoms with Crippen molar-refractivity contribution in [1.82, 2.24) is 20.5 Å². The largest absolute Gasteiger partial charge is 0.397 e. The number of thiophene rings is 1. The average molecular weight is 926 g/mol. The van der Waals surface area contributed by atoms with Gasteiger partial charge in [-0.3, -0.25) is 24.0 Å². The number of carbonyl (C=O) groups excluding carboxylic acids is 5. The molecule has 3 atom stereocenters. The van der Waals surface area contributed by atoms with Gasteiger partial charge < -0.3 is 51.2 Å². The van der Waals surface area contributed by atoms with Gasteiger partial charge in [-0.15, -0.1) is 22.7 Å². The van der Waals surface area contributed by atoms with Crippen LogP contribution in [-0.2, 0) is 39.9 Å². The van der Waals surface area contributed by atoms with Crippen LogP contribution in [0, 0.1) is 12.3 Å². The van der Waals surface area contributed by atoms with Crippen molar-refractivity contribution < 1.29 is 43.3 Å². The maximum Gasteiger partial charge on any atom is 0.255 e. The lowest BCUT2D eigenvalue weighted by Gasteiger charge is -2.35. The van der Waals surface area contributed by atoms with E-state index in [0.717, 1.165) is 32.1 Å².